The minimum absolute atomic E-state index is 0.0508. The van der Waals surface area contributed by atoms with Gasteiger partial charge in [0.2, 0.25) is 5.28 Å². The highest BCUT2D eigenvalue weighted by atomic mass is 35.5. The summed E-state index contributed by atoms with van der Waals surface area (Å²) >= 11 is 12.1. The Morgan fingerprint density at radius 3 is 2.62 bits per heavy atom. The van der Waals surface area contributed by atoms with Crippen molar-refractivity contribution in [2.75, 3.05) is 7.05 Å². The highest BCUT2D eigenvalue weighted by molar-refractivity contribution is 6.33. The van der Waals surface area contributed by atoms with Crippen LogP contribution in [-0.2, 0) is 0 Å². The number of aromatic nitrogens is 3. The molecule has 0 saturated heterocycles. The third kappa shape index (κ3) is 3.18. The SMILES string of the molecule is CNC(=O)c1cc(=O)c2ccc(-c3nc(Cl)ncc3Cl)cc2n1C(C)C. The Kier molecular flexibility index (Phi) is 4.98. The van der Waals surface area contributed by atoms with Crippen LogP contribution in [0, 0.1) is 0 Å². The van der Waals surface area contributed by atoms with Crippen LogP contribution in [0.4, 0.5) is 0 Å². The number of nitrogens with one attached hydrogen (secondary N) is 1. The van der Waals surface area contributed by atoms with E-state index >= 15 is 0 Å². The summed E-state index contributed by atoms with van der Waals surface area (Å²) in [5, 5.41) is 3.50. The Bertz CT molecular complexity index is 1080. The Morgan fingerprint density at radius 1 is 1.23 bits per heavy atom. The molecule has 0 bridgehead atoms. The van der Waals surface area contributed by atoms with Crippen LogP contribution in [-0.4, -0.2) is 27.5 Å². The van der Waals surface area contributed by atoms with Gasteiger partial charge in [0.05, 0.1) is 22.4 Å². The van der Waals surface area contributed by atoms with Gasteiger partial charge in [0.25, 0.3) is 5.91 Å². The van der Waals surface area contributed by atoms with E-state index < -0.39 is 0 Å². The van der Waals surface area contributed by atoms with E-state index in [0.717, 1.165) is 0 Å². The van der Waals surface area contributed by atoms with Crippen molar-refractivity contribution < 1.29 is 4.79 Å². The molecule has 0 fully saturated rings. The molecule has 0 aliphatic carbocycles. The zero-order valence-corrected chi connectivity index (χ0v) is 15.9. The van der Waals surface area contributed by atoms with Gasteiger partial charge in [0, 0.05) is 30.1 Å². The third-order valence-corrected chi connectivity index (χ3v) is 4.47. The first-order valence-corrected chi connectivity index (χ1v) is 8.69. The van der Waals surface area contributed by atoms with Gasteiger partial charge in [-0.15, -0.1) is 0 Å². The second-order valence-corrected chi connectivity index (χ2v) is 6.75. The zero-order chi connectivity index (χ0) is 19.0. The molecule has 1 N–H and O–H groups in total. The van der Waals surface area contributed by atoms with Crippen molar-refractivity contribution in [3.05, 3.63) is 56.7 Å². The molecule has 0 aliphatic heterocycles. The molecule has 1 amide bonds. The molecule has 26 heavy (non-hydrogen) atoms. The van der Waals surface area contributed by atoms with Crippen LogP contribution < -0.4 is 10.7 Å². The molecule has 3 rings (SSSR count). The molecule has 2 aromatic heterocycles. The van der Waals surface area contributed by atoms with Gasteiger partial charge >= 0.3 is 0 Å². The van der Waals surface area contributed by atoms with Crippen molar-refractivity contribution in [2.24, 2.45) is 0 Å². The summed E-state index contributed by atoms with van der Waals surface area (Å²) in [5.41, 5.74) is 1.82. The molecule has 0 saturated carbocycles. The first-order chi connectivity index (χ1) is 12.3. The number of rotatable bonds is 3. The number of benzene rings is 1. The van der Waals surface area contributed by atoms with Crippen molar-refractivity contribution in [1.29, 1.82) is 0 Å². The molecule has 3 aromatic rings. The lowest BCUT2D eigenvalue weighted by Gasteiger charge is -2.20. The Hall–Kier alpha value is -2.44. The van der Waals surface area contributed by atoms with Crippen LogP contribution in [0.5, 0.6) is 0 Å². The van der Waals surface area contributed by atoms with Gasteiger partial charge in [0.1, 0.15) is 5.69 Å². The van der Waals surface area contributed by atoms with Crippen LogP contribution >= 0.6 is 23.2 Å². The van der Waals surface area contributed by atoms with E-state index in [4.69, 9.17) is 23.2 Å². The predicted octanol–water partition coefficient (Wildman–Crippen LogP) is 3.71. The fourth-order valence-corrected chi connectivity index (χ4v) is 3.23. The molecule has 134 valence electrons. The van der Waals surface area contributed by atoms with E-state index in [1.165, 1.54) is 19.3 Å². The van der Waals surface area contributed by atoms with Crippen LogP contribution in [0.2, 0.25) is 10.3 Å². The molecule has 1 aromatic carbocycles. The van der Waals surface area contributed by atoms with E-state index in [0.29, 0.717) is 32.9 Å². The van der Waals surface area contributed by atoms with Gasteiger partial charge in [-0.2, -0.15) is 0 Å². The number of pyridine rings is 1. The fraction of sp³-hybridized carbons (Fsp3) is 0.222. The zero-order valence-electron chi connectivity index (χ0n) is 14.4. The average molecular weight is 391 g/mol. The second-order valence-electron chi connectivity index (χ2n) is 6.00. The minimum atomic E-state index is -0.328. The number of hydrogen-bond acceptors (Lipinski definition) is 4. The average Bonchev–Trinajstić information content (AvgIpc) is 2.62. The normalized spacial score (nSPS) is 11.2. The lowest BCUT2D eigenvalue weighted by molar-refractivity contribution is 0.0952. The molecule has 2 heterocycles. The van der Waals surface area contributed by atoms with Crippen molar-refractivity contribution in [2.45, 2.75) is 19.9 Å². The summed E-state index contributed by atoms with van der Waals surface area (Å²) in [7, 11) is 1.53. The molecule has 0 spiro atoms. The van der Waals surface area contributed by atoms with Crippen LogP contribution in [0.3, 0.4) is 0 Å². The molecule has 0 radical (unpaired) electrons. The first-order valence-electron chi connectivity index (χ1n) is 7.93. The van der Waals surface area contributed by atoms with Gasteiger partial charge in [0.15, 0.2) is 5.43 Å². The number of carbonyl (C=O) groups is 1. The number of halogens is 2. The number of fused-ring (bicyclic) bond motifs is 1. The highest BCUT2D eigenvalue weighted by Gasteiger charge is 2.18. The van der Waals surface area contributed by atoms with Crippen molar-refractivity contribution >= 4 is 40.0 Å². The van der Waals surface area contributed by atoms with Crippen LogP contribution in [0.15, 0.2) is 35.3 Å². The third-order valence-electron chi connectivity index (χ3n) is 4.01. The molecule has 6 nitrogen and oxygen atoms in total. The maximum atomic E-state index is 12.5. The Balaban J connectivity index is 2.38. The number of hydrogen-bond donors (Lipinski definition) is 1. The van der Waals surface area contributed by atoms with Crippen LogP contribution in [0.1, 0.15) is 30.4 Å². The van der Waals surface area contributed by atoms with Gasteiger partial charge in [-0.05, 0) is 37.6 Å². The summed E-state index contributed by atoms with van der Waals surface area (Å²) in [6.07, 6.45) is 1.42. The summed E-state index contributed by atoms with van der Waals surface area (Å²) in [5.74, 6) is -0.328. The molecular formula is C18H16Cl2N4O2. The highest BCUT2D eigenvalue weighted by Crippen LogP contribution is 2.29. The quantitative estimate of drug-likeness (QED) is 0.691. The van der Waals surface area contributed by atoms with Gasteiger partial charge < -0.3 is 9.88 Å². The van der Waals surface area contributed by atoms with Crippen molar-refractivity contribution in [3.8, 4) is 11.3 Å². The predicted molar refractivity (Wildman–Crippen MR) is 103 cm³/mol. The topological polar surface area (TPSA) is 76.9 Å². The Labute approximate surface area is 159 Å². The van der Waals surface area contributed by atoms with Gasteiger partial charge in [-0.25, -0.2) is 9.97 Å². The summed E-state index contributed by atoms with van der Waals surface area (Å²) in [4.78, 5) is 32.8. The lowest BCUT2D eigenvalue weighted by atomic mass is 10.1. The maximum absolute atomic E-state index is 12.5. The van der Waals surface area contributed by atoms with E-state index in [1.54, 1.807) is 18.2 Å². The number of nitrogens with zero attached hydrogens (tertiary/aromatic N) is 3. The molecule has 0 aliphatic rings. The maximum Gasteiger partial charge on any atom is 0.267 e. The monoisotopic (exact) mass is 390 g/mol. The molecule has 8 heteroatoms. The largest absolute Gasteiger partial charge is 0.354 e. The lowest BCUT2D eigenvalue weighted by Crippen LogP contribution is -2.27. The van der Waals surface area contributed by atoms with Gasteiger partial charge in [-0.3, -0.25) is 9.59 Å². The minimum Gasteiger partial charge on any atom is -0.354 e. The molecular weight excluding hydrogens is 375 g/mol. The number of carbonyl (C=O) groups excluding carboxylic acids is 1. The standard InChI is InChI=1S/C18H16Cl2N4O2/c1-9(2)24-13-6-10(16-12(19)8-22-18(20)23-16)4-5-11(13)15(25)7-14(24)17(26)21-3/h4-9H,1-3H3,(H,21,26). The second kappa shape index (κ2) is 7.05. The first kappa shape index (κ1) is 18.4. The Morgan fingerprint density at radius 2 is 1.96 bits per heavy atom. The van der Waals surface area contributed by atoms with E-state index in [9.17, 15) is 9.59 Å². The number of amides is 1. The molecule has 0 atom stereocenters. The van der Waals surface area contributed by atoms with E-state index in [-0.39, 0.29) is 22.7 Å². The molecule has 0 unspecified atom stereocenters. The smallest absolute Gasteiger partial charge is 0.267 e. The van der Waals surface area contributed by atoms with E-state index in [1.807, 2.05) is 18.4 Å². The van der Waals surface area contributed by atoms with Crippen molar-refractivity contribution in [3.63, 3.8) is 0 Å². The fourth-order valence-electron chi connectivity index (χ4n) is 2.90. The summed E-state index contributed by atoms with van der Waals surface area (Å²) in [6, 6.07) is 6.54. The van der Waals surface area contributed by atoms with Gasteiger partial charge in [-0.1, -0.05) is 17.7 Å². The van der Waals surface area contributed by atoms with Crippen LogP contribution in [0.25, 0.3) is 22.2 Å². The van der Waals surface area contributed by atoms with E-state index in [2.05, 4.69) is 15.3 Å². The summed E-state index contributed by atoms with van der Waals surface area (Å²) in [6.45, 7) is 3.88. The summed E-state index contributed by atoms with van der Waals surface area (Å²) < 4.78 is 1.82. The van der Waals surface area contributed by atoms with Crippen molar-refractivity contribution in [1.82, 2.24) is 19.9 Å².